The third kappa shape index (κ3) is 4.24. The van der Waals surface area contributed by atoms with Gasteiger partial charge in [-0.05, 0) is 18.1 Å². The van der Waals surface area contributed by atoms with E-state index >= 15 is 0 Å². The molecule has 3 nitrogen and oxygen atoms in total. The Kier molecular flexibility index (Phi) is 4.94. The summed E-state index contributed by atoms with van der Waals surface area (Å²) >= 11 is 0. The fourth-order valence-corrected chi connectivity index (χ4v) is 1.80. The van der Waals surface area contributed by atoms with Crippen LogP contribution in [-0.4, -0.2) is 31.4 Å². The van der Waals surface area contributed by atoms with Gasteiger partial charge in [-0.1, -0.05) is 18.2 Å². The Bertz CT molecular complexity index is 444. The zero-order chi connectivity index (χ0) is 14.6. The first-order valence-electron chi connectivity index (χ1n) is 5.83. The molecule has 1 aromatic carbocycles. The van der Waals surface area contributed by atoms with Gasteiger partial charge < -0.3 is 10.6 Å². The van der Waals surface area contributed by atoms with E-state index in [1.807, 2.05) is 0 Å². The third-order valence-corrected chi connectivity index (χ3v) is 2.81. The lowest BCUT2D eigenvalue weighted by atomic mass is 9.97. The van der Waals surface area contributed by atoms with Crippen LogP contribution in [0.4, 0.5) is 13.2 Å². The number of carbonyl (C=O) groups excluding carboxylic acids is 1. The molecule has 19 heavy (non-hydrogen) atoms. The van der Waals surface area contributed by atoms with Gasteiger partial charge in [0.1, 0.15) is 0 Å². The molecular formula is C13H17F3N2O. The number of alkyl halides is 3. The van der Waals surface area contributed by atoms with Crippen molar-refractivity contribution >= 4 is 5.91 Å². The van der Waals surface area contributed by atoms with Gasteiger partial charge in [-0.3, -0.25) is 4.79 Å². The lowest BCUT2D eigenvalue weighted by Crippen LogP contribution is -2.35. The molecule has 0 aliphatic heterocycles. The number of halogens is 3. The first-order valence-corrected chi connectivity index (χ1v) is 5.83. The van der Waals surface area contributed by atoms with E-state index in [0.717, 1.165) is 12.1 Å². The number of hydrogen-bond donors (Lipinski definition) is 1. The topological polar surface area (TPSA) is 46.3 Å². The number of amides is 1. The van der Waals surface area contributed by atoms with Crippen molar-refractivity contribution in [3.05, 3.63) is 35.4 Å². The fraction of sp³-hybridized carbons (Fsp3) is 0.462. The minimum atomic E-state index is -4.38. The highest BCUT2D eigenvalue weighted by Crippen LogP contribution is 2.30. The monoisotopic (exact) mass is 274 g/mol. The molecule has 0 aliphatic rings. The maximum atomic E-state index is 12.6. The van der Waals surface area contributed by atoms with Crippen molar-refractivity contribution in [1.29, 1.82) is 0 Å². The highest BCUT2D eigenvalue weighted by Gasteiger charge is 2.30. The second-order valence-electron chi connectivity index (χ2n) is 4.57. The Morgan fingerprint density at radius 2 is 2.00 bits per heavy atom. The molecular weight excluding hydrogens is 257 g/mol. The summed E-state index contributed by atoms with van der Waals surface area (Å²) in [5.41, 5.74) is 5.26. The van der Waals surface area contributed by atoms with Gasteiger partial charge in [0.15, 0.2) is 0 Å². The molecule has 0 radical (unpaired) electrons. The van der Waals surface area contributed by atoms with Gasteiger partial charge in [-0.2, -0.15) is 13.2 Å². The normalized spacial score (nSPS) is 13.2. The zero-order valence-corrected chi connectivity index (χ0v) is 10.9. The third-order valence-electron chi connectivity index (χ3n) is 2.81. The summed E-state index contributed by atoms with van der Waals surface area (Å²) in [6, 6.07) is 4.98. The summed E-state index contributed by atoms with van der Waals surface area (Å²) in [5.74, 6) is -0.682. The summed E-state index contributed by atoms with van der Waals surface area (Å²) in [7, 11) is 3.19. The van der Waals surface area contributed by atoms with Gasteiger partial charge in [-0.15, -0.1) is 0 Å². The zero-order valence-electron chi connectivity index (χ0n) is 10.9. The number of nitrogens with two attached hydrogens (primary N) is 1. The molecule has 1 rings (SSSR count). The molecule has 0 saturated heterocycles. The van der Waals surface area contributed by atoms with E-state index < -0.39 is 17.7 Å². The lowest BCUT2D eigenvalue weighted by Gasteiger charge is -2.19. The van der Waals surface area contributed by atoms with Gasteiger partial charge >= 0.3 is 6.18 Å². The maximum Gasteiger partial charge on any atom is 0.416 e. The molecule has 0 saturated carbocycles. The predicted octanol–water partition coefficient (Wildman–Crippen LogP) is 1.91. The van der Waals surface area contributed by atoms with Gasteiger partial charge in [0.05, 0.1) is 11.5 Å². The van der Waals surface area contributed by atoms with Gasteiger partial charge in [-0.25, -0.2) is 0 Å². The second-order valence-corrected chi connectivity index (χ2v) is 4.57. The van der Waals surface area contributed by atoms with Crippen LogP contribution in [0.25, 0.3) is 0 Å². The Labute approximate surface area is 110 Å². The summed E-state index contributed by atoms with van der Waals surface area (Å²) in [4.78, 5) is 13.2. The van der Waals surface area contributed by atoms with E-state index in [-0.39, 0.29) is 18.9 Å². The van der Waals surface area contributed by atoms with Crippen LogP contribution in [0.5, 0.6) is 0 Å². The number of benzene rings is 1. The van der Waals surface area contributed by atoms with Crippen LogP contribution >= 0.6 is 0 Å². The second kappa shape index (κ2) is 6.06. The summed E-state index contributed by atoms with van der Waals surface area (Å²) in [6.07, 6.45) is -4.17. The number of nitrogens with zero attached hydrogens (tertiary/aromatic N) is 1. The van der Waals surface area contributed by atoms with E-state index in [4.69, 9.17) is 5.73 Å². The molecule has 1 amide bonds. The van der Waals surface area contributed by atoms with Crippen LogP contribution in [-0.2, 0) is 17.4 Å². The van der Waals surface area contributed by atoms with Crippen molar-refractivity contribution in [2.75, 3.05) is 20.6 Å². The molecule has 1 unspecified atom stereocenters. The van der Waals surface area contributed by atoms with Gasteiger partial charge in [0.2, 0.25) is 5.91 Å². The molecule has 0 aromatic heterocycles. The average Bonchev–Trinajstić information content (AvgIpc) is 2.34. The molecule has 1 aromatic rings. The highest BCUT2D eigenvalue weighted by molar-refractivity contribution is 5.78. The lowest BCUT2D eigenvalue weighted by molar-refractivity contribution is -0.137. The molecule has 2 N–H and O–H groups in total. The molecule has 0 bridgehead atoms. The smallest absolute Gasteiger partial charge is 0.349 e. The highest BCUT2D eigenvalue weighted by atomic mass is 19.4. The Balaban J connectivity index is 2.90. The van der Waals surface area contributed by atoms with E-state index in [1.165, 1.54) is 11.0 Å². The average molecular weight is 274 g/mol. The van der Waals surface area contributed by atoms with E-state index in [2.05, 4.69) is 0 Å². The Morgan fingerprint density at radius 3 is 2.47 bits per heavy atom. The largest absolute Gasteiger partial charge is 0.416 e. The molecule has 0 aliphatic carbocycles. The van der Waals surface area contributed by atoms with Gasteiger partial charge in [0, 0.05) is 20.6 Å². The first kappa shape index (κ1) is 15.5. The molecule has 6 heteroatoms. The van der Waals surface area contributed by atoms with Crippen LogP contribution < -0.4 is 5.73 Å². The van der Waals surface area contributed by atoms with Crippen molar-refractivity contribution in [3.8, 4) is 0 Å². The fourth-order valence-electron chi connectivity index (χ4n) is 1.80. The Morgan fingerprint density at radius 1 is 1.37 bits per heavy atom. The van der Waals surface area contributed by atoms with E-state index in [1.54, 1.807) is 20.2 Å². The maximum absolute atomic E-state index is 12.6. The molecule has 1 atom stereocenters. The minimum absolute atomic E-state index is 0.104. The van der Waals surface area contributed by atoms with Crippen molar-refractivity contribution in [2.45, 2.75) is 12.6 Å². The Hall–Kier alpha value is -1.56. The summed E-state index contributed by atoms with van der Waals surface area (Å²) < 4.78 is 37.7. The number of hydrogen-bond acceptors (Lipinski definition) is 2. The number of carbonyl (C=O) groups is 1. The molecule has 0 fully saturated rings. The van der Waals surface area contributed by atoms with Crippen LogP contribution in [0, 0.1) is 5.92 Å². The van der Waals surface area contributed by atoms with Crippen molar-refractivity contribution in [2.24, 2.45) is 11.7 Å². The van der Waals surface area contributed by atoms with Crippen LogP contribution in [0.2, 0.25) is 0 Å². The van der Waals surface area contributed by atoms with Gasteiger partial charge in [0.25, 0.3) is 0 Å². The van der Waals surface area contributed by atoms with Crippen LogP contribution in [0.3, 0.4) is 0 Å². The SMILES string of the molecule is CN(C)C(=O)C(CN)Cc1cccc(C(F)(F)F)c1. The van der Waals surface area contributed by atoms with Crippen LogP contribution in [0.15, 0.2) is 24.3 Å². The molecule has 0 spiro atoms. The summed E-state index contributed by atoms with van der Waals surface area (Å²) in [5, 5.41) is 0. The number of rotatable bonds is 4. The minimum Gasteiger partial charge on any atom is -0.349 e. The van der Waals surface area contributed by atoms with Crippen molar-refractivity contribution in [3.63, 3.8) is 0 Å². The van der Waals surface area contributed by atoms with Crippen molar-refractivity contribution < 1.29 is 18.0 Å². The molecule has 0 heterocycles. The predicted molar refractivity (Wildman–Crippen MR) is 66.4 cm³/mol. The van der Waals surface area contributed by atoms with E-state index in [9.17, 15) is 18.0 Å². The van der Waals surface area contributed by atoms with Crippen LogP contribution in [0.1, 0.15) is 11.1 Å². The summed E-state index contributed by atoms with van der Waals surface area (Å²) in [6.45, 7) is 0.104. The van der Waals surface area contributed by atoms with Crippen molar-refractivity contribution in [1.82, 2.24) is 4.90 Å². The quantitative estimate of drug-likeness (QED) is 0.911. The standard InChI is InChI=1S/C13H17F3N2O/c1-18(2)12(19)10(8-17)6-9-4-3-5-11(7-9)13(14,15)16/h3-5,7,10H,6,8,17H2,1-2H3. The first-order chi connectivity index (χ1) is 8.75. The molecule has 106 valence electrons. The van der Waals surface area contributed by atoms with E-state index in [0.29, 0.717) is 5.56 Å².